The number of nitrogens with zero attached hydrogens (tertiary/aromatic N) is 4. The molecular formula is C33H38N4O2. The van der Waals surface area contributed by atoms with Crippen molar-refractivity contribution >= 4 is 11.0 Å². The molecule has 202 valence electrons. The molecule has 0 bridgehead atoms. The summed E-state index contributed by atoms with van der Waals surface area (Å²) in [5.41, 5.74) is 5.87. The largest absolute Gasteiger partial charge is 0.463 e. The summed E-state index contributed by atoms with van der Waals surface area (Å²) in [5.74, 6) is 2.86. The maximum atomic E-state index is 14.1. The molecule has 1 atom stereocenters. The van der Waals surface area contributed by atoms with E-state index in [1.165, 1.54) is 42.4 Å². The molecule has 3 heterocycles. The number of hydrogen-bond donors (Lipinski definition) is 0. The molecule has 0 unspecified atom stereocenters. The van der Waals surface area contributed by atoms with Gasteiger partial charge in [0, 0.05) is 20.1 Å². The highest BCUT2D eigenvalue weighted by Gasteiger charge is 2.48. The molecule has 1 saturated heterocycles. The molecular weight excluding hydrogens is 484 g/mol. The predicted molar refractivity (Wildman–Crippen MR) is 154 cm³/mol. The van der Waals surface area contributed by atoms with Crippen LogP contribution in [-0.4, -0.2) is 32.8 Å². The average Bonchev–Trinajstić information content (AvgIpc) is 3.67. The monoisotopic (exact) mass is 522 g/mol. The quantitative estimate of drug-likeness (QED) is 0.293. The summed E-state index contributed by atoms with van der Waals surface area (Å²) >= 11 is 0. The molecule has 6 nitrogen and oxygen atoms in total. The van der Waals surface area contributed by atoms with Crippen LogP contribution in [0.2, 0.25) is 0 Å². The third-order valence-corrected chi connectivity index (χ3v) is 9.39. The number of aromatic nitrogens is 3. The smallest absolute Gasteiger partial charge is 0.200 e. The summed E-state index contributed by atoms with van der Waals surface area (Å²) in [5, 5.41) is 9.40. The van der Waals surface area contributed by atoms with E-state index >= 15 is 0 Å². The Morgan fingerprint density at radius 1 is 1.08 bits per heavy atom. The lowest BCUT2D eigenvalue weighted by Gasteiger charge is -2.46. The van der Waals surface area contributed by atoms with Crippen molar-refractivity contribution in [3.63, 3.8) is 0 Å². The minimum absolute atomic E-state index is 0.0684. The van der Waals surface area contributed by atoms with E-state index in [-0.39, 0.29) is 10.8 Å². The second kappa shape index (κ2) is 9.44. The van der Waals surface area contributed by atoms with Crippen LogP contribution in [0.5, 0.6) is 0 Å². The molecule has 2 saturated carbocycles. The van der Waals surface area contributed by atoms with E-state index in [9.17, 15) is 4.79 Å². The van der Waals surface area contributed by atoms with Gasteiger partial charge in [0.05, 0.1) is 16.4 Å². The third-order valence-electron chi connectivity index (χ3n) is 9.39. The molecule has 3 aliphatic rings. The Bertz CT molecular complexity index is 1590. The topological polar surface area (TPSA) is 64.2 Å². The minimum Gasteiger partial charge on any atom is -0.463 e. The zero-order valence-electron chi connectivity index (χ0n) is 23.3. The Kier molecular flexibility index (Phi) is 6.00. The molecule has 2 aliphatic carbocycles. The molecule has 2 aromatic carbocycles. The molecule has 0 amide bonds. The molecule has 3 fully saturated rings. The van der Waals surface area contributed by atoms with Gasteiger partial charge in [-0.25, -0.2) is 0 Å². The van der Waals surface area contributed by atoms with E-state index in [0.717, 1.165) is 60.8 Å². The lowest BCUT2D eigenvalue weighted by atomic mass is 9.58. The molecule has 0 N–H and O–H groups in total. The molecule has 4 aromatic rings. The van der Waals surface area contributed by atoms with E-state index in [1.54, 1.807) is 12.6 Å². The van der Waals surface area contributed by atoms with E-state index in [1.807, 2.05) is 17.7 Å². The summed E-state index contributed by atoms with van der Waals surface area (Å²) in [6.45, 7) is 7.79. The molecule has 0 radical (unpaired) electrons. The Balaban J connectivity index is 1.30. The maximum absolute atomic E-state index is 14.1. The van der Waals surface area contributed by atoms with Crippen LogP contribution in [0.4, 0.5) is 0 Å². The standard InChI is InChI=1S/C33H38N4O2/c1-21-6-5-11-37(17-21)18-23-12-27(24-9-10-24)31-28(13-23)30(38)29(19-39-31)25-7-4-8-26(14-25)33(15-22(2)16-33)32-35-34-20-36(32)3/h4,7-8,12-14,19-22,24H,5-6,9-11,15-18H2,1-3H3/t21-,22?,33?/m0/s1. The Labute approximate surface area is 230 Å². The molecule has 1 aliphatic heterocycles. The second-order valence-electron chi connectivity index (χ2n) is 12.7. The zero-order chi connectivity index (χ0) is 26.7. The van der Waals surface area contributed by atoms with Gasteiger partial charge in [-0.3, -0.25) is 9.69 Å². The van der Waals surface area contributed by atoms with Gasteiger partial charge in [-0.05, 0) is 97.2 Å². The highest BCUT2D eigenvalue weighted by atomic mass is 16.3. The van der Waals surface area contributed by atoms with E-state index in [4.69, 9.17) is 4.42 Å². The van der Waals surface area contributed by atoms with Crippen LogP contribution in [0.25, 0.3) is 22.1 Å². The Morgan fingerprint density at radius 2 is 1.92 bits per heavy atom. The van der Waals surface area contributed by atoms with Crippen LogP contribution < -0.4 is 5.43 Å². The first-order valence-corrected chi connectivity index (χ1v) is 14.7. The van der Waals surface area contributed by atoms with Crippen LogP contribution in [0, 0.1) is 11.8 Å². The van der Waals surface area contributed by atoms with E-state index in [2.05, 4.69) is 59.3 Å². The summed E-state index contributed by atoms with van der Waals surface area (Å²) < 4.78 is 8.34. The zero-order valence-corrected chi connectivity index (χ0v) is 23.3. The summed E-state index contributed by atoms with van der Waals surface area (Å²) in [7, 11) is 2.02. The van der Waals surface area contributed by atoms with Crippen molar-refractivity contribution in [2.24, 2.45) is 18.9 Å². The molecule has 7 rings (SSSR count). The first kappa shape index (κ1) is 24.8. The van der Waals surface area contributed by atoms with Gasteiger partial charge in [-0.1, -0.05) is 38.1 Å². The van der Waals surface area contributed by atoms with Gasteiger partial charge < -0.3 is 8.98 Å². The second-order valence-corrected chi connectivity index (χ2v) is 12.7. The van der Waals surface area contributed by atoms with Gasteiger partial charge in [0.1, 0.15) is 24.0 Å². The lowest BCUT2D eigenvalue weighted by Crippen LogP contribution is -2.43. The molecule has 2 aromatic heterocycles. The number of benzene rings is 2. The maximum Gasteiger partial charge on any atom is 0.200 e. The fourth-order valence-corrected chi connectivity index (χ4v) is 7.38. The Hall–Kier alpha value is -3.25. The average molecular weight is 523 g/mol. The SMILES string of the molecule is CC1CC(c2cccc(-c3coc4c(C5CC5)cc(CN5CCC[C@H](C)C5)cc4c3=O)c2)(c2nncn2C)C1. The van der Waals surface area contributed by atoms with Gasteiger partial charge >= 0.3 is 0 Å². The molecule has 39 heavy (non-hydrogen) atoms. The number of likely N-dealkylation sites (tertiary alicyclic amines) is 1. The van der Waals surface area contributed by atoms with Crippen molar-refractivity contribution in [1.29, 1.82) is 0 Å². The van der Waals surface area contributed by atoms with Gasteiger partial charge in [0.25, 0.3) is 0 Å². The van der Waals surface area contributed by atoms with Gasteiger partial charge in [0.2, 0.25) is 5.43 Å². The van der Waals surface area contributed by atoms with Crippen molar-refractivity contribution in [3.8, 4) is 11.1 Å². The highest BCUT2D eigenvalue weighted by Crippen LogP contribution is 2.52. The van der Waals surface area contributed by atoms with Crippen LogP contribution in [0.3, 0.4) is 0 Å². The van der Waals surface area contributed by atoms with Crippen LogP contribution in [0.1, 0.15) is 80.8 Å². The van der Waals surface area contributed by atoms with Gasteiger partial charge in [-0.15, -0.1) is 10.2 Å². The van der Waals surface area contributed by atoms with Crippen molar-refractivity contribution in [2.45, 2.75) is 70.3 Å². The van der Waals surface area contributed by atoms with Crippen molar-refractivity contribution in [1.82, 2.24) is 19.7 Å². The summed E-state index contributed by atoms with van der Waals surface area (Å²) in [6, 6.07) is 12.9. The molecule has 6 heteroatoms. The van der Waals surface area contributed by atoms with Gasteiger partial charge in [0.15, 0.2) is 0 Å². The van der Waals surface area contributed by atoms with Crippen molar-refractivity contribution in [2.75, 3.05) is 13.1 Å². The predicted octanol–water partition coefficient (Wildman–Crippen LogP) is 6.41. The summed E-state index contributed by atoms with van der Waals surface area (Å²) in [6.07, 6.45) is 10.4. The first-order chi connectivity index (χ1) is 18.9. The highest BCUT2D eigenvalue weighted by molar-refractivity contribution is 5.85. The van der Waals surface area contributed by atoms with Crippen LogP contribution in [0.15, 0.2) is 58.2 Å². The van der Waals surface area contributed by atoms with E-state index in [0.29, 0.717) is 17.4 Å². The van der Waals surface area contributed by atoms with Crippen molar-refractivity contribution < 1.29 is 4.42 Å². The van der Waals surface area contributed by atoms with Crippen LogP contribution >= 0.6 is 0 Å². The number of rotatable bonds is 6. The fraction of sp³-hybridized carbons (Fsp3) is 0.485. The summed E-state index contributed by atoms with van der Waals surface area (Å²) in [4.78, 5) is 16.6. The number of fused-ring (bicyclic) bond motifs is 1. The minimum atomic E-state index is -0.171. The third kappa shape index (κ3) is 4.33. The number of hydrogen-bond acceptors (Lipinski definition) is 5. The number of piperidine rings is 1. The molecule has 0 spiro atoms. The first-order valence-electron chi connectivity index (χ1n) is 14.7. The normalized spacial score (nSPS) is 25.6. The lowest BCUT2D eigenvalue weighted by molar-refractivity contribution is 0.176. The van der Waals surface area contributed by atoms with Gasteiger partial charge in [-0.2, -0.15) is 0 Å². The van der Waals surface area contributed by atoms with Crippen molar-refractivity contribution in [3.05, 3.63) is 81.7 Å². The van der Waals surface area contributed by atoms with Crippen LogP contribution in [-0.2, 0) is 19.0 Å². The number of aryl methyl sites for hydroxylation is 1. The fourth-order valence-electron chi connectivity index (χ4n) is 7.38. The Morgan fingerprint density at radius 3 is 2.64 bits per heavy atom. The van der Waals surface area contributed by atoms with E-state index < -0.39 is 0 Å².